The van der Waals surface area contributed by atoms with Gasteiger partial charge in [-0.1, -0.05) is 12.1 Å². The number of fused-ring (bicyclic) bond motifs is 1. The quantitative estimate of drug-likeness (QED) is 0.693. The van der Waals surface area contributed by atoms with E-state index in [-0.39, 0.29) is 11.6 Å². The Kier molecular flexibility index (Phi) is 4.58. The SMILES string of the molecule is CCOc1ccc(-c2nc3n(n2)C(c2ccc(F)cc2)C2=C(CCCC2=O)N3)cc1. The third-order valence-corrected chi connectivity index (χ3v) is 5.48. The van der Waals surface area contributed by atoms with Crippen molar-refractivity contribution in [3.05, 3.63) is 71.2 Å². The fraction of sp³-hybridized carbons (Fsp3) is 0.261. The van der Waals surface area contributed by atoms with Crippen molar-refractivity contribution >= 4 is 11.7 Å². The molecule has 1 aliphatic heterocycles. The number of anilines is 1. The molecule has 0 saturated heterocycles. The Morgan fingerprint density at radius 2 is 1.90 bits per heavy atom. The van der Waals surface area contributed by atoms with E-state index in [1.807, 2.05) is 31.2 Å². The van der Waals surface area contributed by atoms with Crippen LogP contribution in [0, 0.1) is 5.82 Å². The summed E-state index contributed by atoms with van der Waals surface area (Å²) >= 11 is 0. The van der Waals surface area contributed by atoms with Gasteiger partial charge in [-0.2, -0.15) is 4.98 Å². The standard InChI is InChI=1S/C23H21FN4O2/c1-2-30-17-12-8-15(9-13-17)22-26-23-25-18-4-3-5-19(29)20(18)21(28(23)27-22)14-6-10-16(24)11-7-14/h6-13,21H,2-5H2,1H3,(H,25,26,27). The molecule has 0 amide bonds. The van der Waals surface area contributed by atoms with Crippen LogP contribution in [0.2, 0.25) is 0 Å². The number of rotatable bonds is 4. The fourth-order valence-electron chi connectivity index (χ4n) is 4.10. The first-order valence-corrected chi connectivity index (χ1v) is 10.1. The topological polar surface area (TPSA) is 69.0 Å². The summed E-state index contributed by atoms with van der Waals surface area (Å²) in [5, 5.41) is 8.04. The molecule has 7 heteroatoms. The Hall–Kier alpha value is -3.48. The van der Waals surface area contributed by atoms with E-state index in [1.165, 1.54) is 12.1 Å². The van der Waals surface area contributed by atoms with Gasteiger partial charge in [0.1, 0.15) is 17.6 Å². The van der Waals surface area contributed by atoms with Gasteiger partial charge in [0.25, 0.3) is 0 Å². The fourth-order valence-corrected chi connectivity index (χ4v) is 4.10. The molecule has 2 heterocycles. The molecule has 3 aromatic rings. The second-order valence-corrected chi connectivity index (χ2v) is 7.41. The van der Waals surface area contributed by atoms with Gasteiger partial charge in [-0.05, 0) is 61.7 Å². The van der Waals surface area contributed by atoms with E-state index in [2.05, 4.69) is 10.3 Å². The molecule has 1 atom stereocenters. The highest BCUT2D eigenvalue weighted by Gasteiger charge is 2.36. The molecular weight excluding hydrogens is 383 g/mol. The lowest BCUT2D eigenvalue weighted by atomic mass is 9.85. The lowest BCUT2D eigenvalue weighted by Gasteiger charge is -2.32. The number of Topliss-reactive ketones (excluding diaryl/α,β-unsaturated/α-hetero) is 1. The number of ketones is 1. The molecule has 152 valence electrons. The molecule has 1 N–H and O–H groups in total. The number of halogens is 1. The largest absolute Gasteiger partial charge is 0.494 e. The first-order chi connectivity index (χ1) is 14.6. The zero-order valence-corrected chi connectivity index (χ0v) is 16.6. The second-order valence-electron chi connectivity index (χ2n) is 7.41. The van der Waals surface area contributed by atoms with Crippen molar-refractivity contribution in [3.63, 3.8) is 0 Å². The summed E-state index contributed by atoms with van der Waals surface area (Å²) in [6, 6.07) is 13.4. The normalized spacial score (nSPS) is 17.9. The molecule has 0 fully saturated rings. The van der Waals surface area contributed by atoms with Gasteiger partial charge in [0.15, 0.2) is 11.6 Å². The van der Waals surface area contributed by atoms with Gasteiger partial charge in [0.05, 0.1) is 6.61 Å². The van der Waals surface area contributed by atoms with Crippen LogP contribution in [0.15, 0.2) is 59.8 Å². The number of allylic oxidation sites excluding steroid dienone is 2. The van der Waals surface area contributed by atoms with Crippen LogP contribution < -0.4 is 10.1 Å². The van der Waals surface area contributed by atoms with Crippen molar-refractivity contribution in [2.24, 2.45) is 0 Å². The van der Waals surface area contributed by atoms with Gasteiger partial charge in [0, 0.05) is 23.3 Å². The van der Waals surface area contributed by atoms with Crippen molar-refractivity contribution in [3.8, 4) is 17.1 Å². The first-order valence-electron chi connectivity index (χ1n) is 10.1. The van der Waals surface area contributed by atoms with Crippen molar-refractivity contribution in [1.82, 2.24) is 14.8 Å². The molecule has 5 rings (SSSR count). The van der Waals surface area contributed by atoms with Crippen molar-refractivity contribution in [2.75, 3.05) is 11.9 Å². The van der Waals surface area contributed by atoms with Crippen molar-refractivity contribution in [2.45, 2.75) is 32.2 Å². The summed E-state index contributed by atoms with van der Waals surface area (Å²) in [6.45, 7) is 2.54. The molecule has 0 saturated carbocycles. The van der Waals surface area contributed by atoms with Crippen LogP contribution in [-0.2, 0) is 4.79 Å². The maximum atomic E-state index is 13.5. The molecule has 0 bridgehead atoms. The number of ether oxygens (including phenoxy) is 1. The highest BCUT2D eigenvalue weighted by molar-refractivity contribution is 5.99. The minimum absolute atomic E-state index is 0.0989. The molecular formula is C23H21FN4O2. The lowest BCUT2D eigenvalue weighted by Crippen LogP contribution is -2.31. The lowest BCUT2D eigenvalue weighted by molar-refractivity contribution is -0.116. The number of nitrogens with one attached hydrogen (secondary N) is 1. The maximum Gasteiger partial charge on any atom is 0.226 e. The van der Waals surface area contributed by atoms with Gasteiger partial charge in [-0.3, -0.25) is 4.79 Å². The Morgan fingerprint density at radius 3 is 2.63 bits per heavy atom. The second kappa shape index (κ2) is 7.40. The van der Waals surface area contributed by atoms with Crippen LogP contribution in [0.3, 0.4) is 0 Å². The predicted octanol–water partition coefficient (Wildman–Crippen LogP) is 4.50. The number of hydrogen-bond donors (Lipinski definition) is 1. The van der Waals surface area contributed by atoms with E-state index in [0.29, 0.717) is 30.4 Å². The summed E-state index contributed by atoms with van der Waals surface area (Å²) in [5.74, 6) is 1.71. The van der Waals surface area contributed by atoms with Crippen LogP contribution in [0.1, 0.15) is 37.8 Å². The van der Waals surface area contributed by atoms with Gasteiger partial charge in [0.2, 0.25) is 5.95 Å². The van der Waals surface area contributed by atoms with E-state index < -0.39 is 6.04 Å². The molecule has 2 aromatic carbocycles. The third-order valence-electron chi connectivity index (χ3n) is 5.48. The third kappa shape index (κ3) is 3.16. The average Bonchev–Trinajstić information content (AvgIpc) is 3.18. The van der Waals surface area contributed by atoms with Gasteiger partial charge in [-0.25, -0.2) is 9.07 Å². The van der Waals surface area contributed by atoms with Crippen LogP contribution in [0.25, 0.3) is 11.4 Å². The molecule has 1 unspecified atom stereocenters. The van der Waals surface area contributed by atoms with Crippen LogP contribution in [-0.4, -0.2) is 27.2 Å². The monoisotopic (exact) mass is 404 g/mol. The van der Waals surface area contributed by atoms with Gasteiger partial charge in [-0.15, -0.1) is 5.10 Å². The van der Waals surface area contributed by atoms with Crippen molar-refractivity contribution < 1.29 is 13.9 Å². The number of carbonyl (C=O) groups is 1. The molecule has 0 radical (unpaired) electrons. The van der Waals surface area contributed by atoms with Crippen LogP contribution in [0.4, 0.5) is 10.3 Å². The van der Waals surface area contributed by atoms with Crippen LogP contribution >= 0.6 is 0 Å². The number of carbonyl (C=O) groups excluding carboxylic acids is 1. The first kappa shape index (κ1) is 18.5. The summed E-state index contributed by atoms with van der Waals surface area (Å²) < 4.78 is 20.8. The van der Waals surface area contributed by atoms with Gasteiger partial charge >= 0.3 is 0 Å². The van der Waals surface area contributed by atoms with E-state index in [9.17, 15) is 9.18 Å². The number of nitrogens with zero attached hydrogens (tertiary/aromatic N) is 3. The highest BCUT2D eigenvalue weighted by atomic mass is 19.1. The Morgan fingerprint density at radius 1 is 1.13 bits per heavy atom. The van der Waals surface area contributed by atoms with E-state index in [0.717, 1.165) is 35.4 Å². The molecule has 2 aliphatic rings. The van der Waals surface area contributed by atoms with Crippen molar-refractivity contribution in [1.29, 1.82) is 0 Å². The zero-order chi connectivity index (χ0) is 20.7. The van der Waals surface area contributed by atoms with Gasteiger partial charge < -0.3 is 10.1 Å². The Balaban J connectivity index is 1.60. The van der Waals surface area contributed by atoms with E-state index in [1.54, 1.807) is 16.8 Å². The molecule has 0 spiro atoms. The van der Waals surface area contributed by atoms with E-state index in [4.69, 9.17) is 9.84 Å². The maximum absolute atomic E-state index is 13.5. The Bertz CT molecular complexity index is 1130. The molecule has 6 nitrogen and oxygen atoms in total. The number of benzene rings is 2. The van der Waals surface area contributed by atoms with Crippen LogP contribution in [0.5, 0.6) is 5.75 Å². The predicted molar refractivity (Wildman–Crippen MR) is 111 cm³/mol. The van der Waals surface area contributed by atoms with E-state index >= 15 is 0 Å². The molecule has 30 heavy (non-hydrogen) atoms. The molecule has 1 aliphatic carbocycles. The number of hydrogen-bond acceptors (Lipinski definition) is 5. The minimum atomic E-state index is -0.423. The summed E-state index contributed by atoms with van der Waals surface area (Å²) in [5.41, 5.74) is 3.25. The zero-order valence-electron chi connectivity index (χ0n) is 16.6. The average molecular weight is 404 g/mol. The summed E-state index contributed by atoms with van der Waals surface area (Å²) in [4.78, 5) is 17.5. The molecule has 1 aromatic heterocycles. The summed E-state index contributed by atoms with van der Waals surface area (Å²) in [6.07, 6.45) is 2.10. The Labute approximate surface area is 173 Å². The number of aromatic nitrogens is 3. The highest BCUT2D eigenvalue weighted by Crippen LogP contribution is 2.40. The summed E-state index contributed by atoms with van der Waals surface area (Å²) in [7, 11) is 0. The minimum Gasteiger partial charge on any atom is -0.494 e. The smallest absolute Gasteiger partial charge is 0.226 e.